The van der Waals surface area contributed by atoms with E-state index >= 15 is 0 Å². The van der Waals surface area contributed by atoms with E-state index in [1.165, 1.54) is 0 Å². The summed E-state index contributed by atoms with van der Waals surface area (Å²) < 4.78 is 28.9. The zero-order valence-corrected chi connectivity index (χ0v) is 19.5. The fourth-order valence-electron chi connectivity index (χ4n) is 3.81. The van der Waals surface area contributed by atoms with Gasteiger partial charge in [-0.15, -0.1) is 24.8 Å². The number of sulfone groups is 1. The van der Waals surface area contributed by atoms with Crippen molar-refractivity contribution in [3.05, 3.63) is 24.3 Å². The summed E-state index contributed by atoms with van der Waals surface area (Å²) in [5, 5.41) is 2.93. The first-order chi connectivity index (χ1) is 12.6. The predicted molar refractivity (Wildman–Crippen MR) is 121 cm³/mol. The maximum atomic E-state index is 12.9. The van der Waals surface area contributed by atoms with Gasteiger partial charge in [-0.2, -0.15) is 0 Å². The number of amides is 1. The Balaban J connectivity index is 0.00000210. The monoisotopic (exact) mass is 467 g/mol. The van der Waals surface area contributed by atoms with Crippen molar-refractivity contribution in [2.45, 2.75) is 38.8 Å². The molecule has 2 aliphatic rings. The lowest BCUT2D eigenvalue weighted by molar-refractivity contribution is -0.166. The molecule has 2 fully saturated rings. The number of nitrogens with one attached hydrogen (secondary N) is 1. The molecule has 3 N–H and O–H groups in total. The van der Waals surface area contributed by atoms with Gasteiger partial charge in [0, 0.05) is 42.9 Å². The number of benzene rings is 1. The van der Waals surface area contributed by atoms with Crippen molar-refractivity contribution < 1.29 is 17.9 Å². The number of nitrogens with zero attached hydrogens (tertiary/aromatic N) is 1. The van der Waals surface area contributed by atoms with E-state index < -0.39 is 20.8 Å². The van der Waals surface area contributed by atoms with Crippen molar-refractivity contribution in [1.82, 2.24) is 0 Å². The van der Waals surface area contributed by atoms with Crippen molar-refractivity contribution in [2.24, 2.45) is 11.1 Å². The molecule has 166 valence electrons. The summed E-state index contributed by atoms with van der Waals surface area (Å²) in [6, 6.07) is 7.46. The van der Waals surface area contributed by atoms with E-state index in [0.717, 1.165) is 5.69 Å². The second kappa shape index (κ2) is 9.39. The summed E-state index contributed by atoms with van der Waals surface area (Å²) >= 11 is 0. The minimum Gasteiger partial charge on any atom is -0.378 e. The van der Waals surface area contributed by atoms with Gasteiger partial charge in [-0.25, -0.2) is 8.42 Å². The minimum atomic E-state index is -2.93. The Labute approximate surface area is 185 Å². The highest BCUT2D eigenvalue weighted by Gasteiger charge is 2.62. The Hall–Kier alpha value is -1.06. The number of carbonyl (C=O) groups excluding carboxylic acids is 1. The Morgan fingerprint density at radius 3 is 2.45 bits per heavy atom. The quantitative estimate of drug-likeness (QED) is 0.688. The van der Waals surface area contributed by atoms with Crippen LogP contribution in [-0.4, -0.2) is 57.2 Å². The van der Waals surface area contributed by atoms with Gasteiger partial charge in [0.05, 0.1) is 17.6 Å². The summed E-state index contributed by atoms with van der Waals surface area (Å²) in [7, 11) is -2.93. The van der Waals surface area contributed by atoms with Crippen molar-refractivity contribution in [3.63, 3.8) is 0 Å². The van der Waals surface area contributed by atoms with Gasteiger partial charge in [0.25, 0.3) is 0 Å². The molecule has 29 heavy (non-hydrogen) atoms. The van der Waals surface area contributed by atoms with Crippen LogP contribution in [0.4, 0.5) is 11.4 Å². The highest BCUT2D eigenvalue weighted by molar-refractivity contribution is 7.91. The average molecular weight is 468 g/mol. The van der Waals surface area contributed by atoms with Gasteiger partial charge >= 0.3 is 0 Å². The Morgan fingerprint density at radius 1 is 1.28 bits per heavy atom. The number of carbonyl (C=O) groups is 1. The normalized spacial score (nSPS) is 27.0. The van der Waals surface area contributed by atoms with Crippen molar-refractivity contribution in [2.75, 3.05) is 41.4 Å². The zero-order valence-electron chi connectivity index (χ0n) is 17.0. The van der Waals surface area contributed by atoms with Crippen LogP contribution >= 0.6 is 24.8 Å². The molecular formula is C19H31Cl2N3O4S. The number of ether oxygens (including phenoxy) is 1. The molecule has 1 saturated carbocycles. The third-order valence-electron chi connectivity index (χ3n) is 6.05. The molecule has 1 aromatic rings. The molecule has 1 aromatic carbocycles. The molecule has 1 aliphatic heterocycles. The van der Waals surface area contributed by atoms with Gasteiger partial charge < -0.3 is 20.7 Å². The van der Waals surface area contributed by atoms with Gasteiger partial charge in [0.2, 0.25) is 5.91 Å². The third kappa shape index (κ3) is 4.99. The SMILES string of the molecule is CCOC1CC(N)(C(=O)Nc2cccc(N3CCS(=O)(=O)CC3)c2)C1(C)C.Cl.Cl. The zero-order chi connectivity index (χ0) is 19.9. The molecule has 7 nitrogen and oxygen atoms in total. The maximum Gasteiger partial charge on any atom is 0.245 e. The van der Waals surface area contributed by atoms with Crippen LogP contribution in [0, 0.1) is 5.41 Å². The van der Waals surface area contributed by atoms with E-state index in [2.05, 4.69) is 5.32 Å². The van der Waals surface area contributed by atoms with E-state index in [1.54, 1.807) is 0 Å². The highest BCUT2D eigenvalue weighted by atomic mass is 35.5. The summed E-state index contributed by atoms with van der Waals surface area (Å²) in [5.41, 5.74) is 6.55. The van der Waals surface area contributed by atoms with Crippen molar-refractivity contribution >= 4 is 51.9 Å². The second-order valence-corrected chi connectivity index (χ2v) is 10.3. The van der Waals surface area contributed by atoms with Gasteiger partial charge in [-0.3, -0.25) is 4.79 Å². The van der Waals surface area contributed by atoms with Crippen LogP contribution in [0.1, 0.15) is 27.2 Å². The van der Waals surface area contributed by atoms with Crippen LogP contribution in [-0.2, 0) is 19.4 Å². The first-order valence-corrected chi connectivity index (χ1v) is 11.2. The molecular weight excluding hydrogens is 437 g/mol. The standard InChI is InChI=1S/C19H29N3O4S.2ClH/c1-4-26-16-13-19(20,18(16,2)3)17(23)21-14-6-5-7-15(12-14)22-8-10-27(24,25)11-9-22;;/h5-7,12,16H,4,8-11,13,20H2,1-3H3,(H,21,23);2*1H. The molecule has 1 heterocycles. The topological polar surface area (TPSA) is 102 Å². The van der Waals surface area contributed by atoms with Crippen LogP contribution in [0.3, 0.4) is 0 Å². The number of hydrogen-bond acceptors (Lipinski definition) is 6. The number of rotatable bonds is 5. The Bertz CT molecular complexity index is 820. The molecule has 0 spiro atoms. The first-order valence-electron chi connectivity index (χ1n) is 9.36. The molecule has 0 bridgehead atoms. The molecule has 0 aromatic heterocycles. The smallest absolute Gasteiger partial charge is 0.245 e. The molecule has 3 rings (SSSR count). The summed E-state index contributed by atoms with van der Waals surface area (Å²) in [5.74, 6) is 0.0900. The predicted octanol–water partition coefficient (Wildman–Crippen LogP) is 2.24. The van der Waals surface area contributed by atoms with Gasteiger partial charge in [-0.05, 0) is 25.1 Å². The lowest BCUT2D eigenvalue weighted by Crippen LogP contribution is -2.74. The highest BCUT2D eigenvalue weighted by Crippen LogP contribution is 2.50. The number of halogens is 2. The first kappa shape index (κ1) is 26.0. The van der Waals surface area contributed by atoms with Gasteiger partial charge in [0.1, 0.15) is 5.54 Å². The molecule has 1 aliphatic carbocycles. The van der Waals surface area contributed by atoms with Crippen LogP contribution in [0.25, 0.3) is 0 Å². The van der Waals surface area contributed by atoms with Gasteiger partial charge in [0.15, 0.2) is 9.84 Å². The van der Waals surface area contributed by atoms with Crippen LogP contribution < -0.4 is 16.0 Å². The number of anilines is 2. The van der Waals surface area contributed by atoms with E-state index in [4.69, 9.17) is 10.5 Å². The van der Waals surface area contributed by atoms with E-state index in [1.807, 2.05) is 49.9 Å². The van der Waals surface area contributed by atoms with Crippen LogP contribution in [0.2, 0.25) is 0 Å². The maximum absolute atomic E-state index is 12.9. The van der Waals surface area contributed by atoms with Crippen LogP contribution in [0.5, 0.6) is 0 Å². The summed E-state index contributed by atoms with van der Waals surface area (Å²) in [6.45, 7) is 7.37. The van der Waals surface area contributed by atoms with Crippen molar-refractivity contribution in [3.8, 4) is 0 Å². The number of hydrogen-bond donors (Lipinski definition) is 2. The Kier molecular flexibility index (Phi) is 8.41. The largest absolute Gasteiger partial charge is 0.378 e. The second-order valence-electron chi connectivity index (χ2n) is 7.98. The number of nitrogens with two attached hydrogens (primary N) is 1. The van der Waals surface area contributed by atoms with E-state index in [-0.39, 0.29) is 48.3 Å². The Morgan fingerprint density at radius 2 is 1.90 bits per heavy atom. The average Bonchev–Trinajstić information content (AvgIpc) is 2.61. The lowest BCUT2D eigenvalue weighted by Gasteiger charge is -2.57. The van der Waals surface area contributed by atoms with E-state index in [0.29, 0.717) is 31.8 Å². The van der Waals surface area contributed by atoms with Gasteiger partial charge in [-0.1, -0.05) is 19.9 Å². The fourth-order valence-corrected chi connectivity index (χ4v) is 5.02. The van der Waals surface area contributed by atoms with Crippen molar-refractivity contribution in [1.29, 1.82) is 0 Å². The molecule has 2 unspecified atom stereocenters. The summed E-state index contributed by atoms with van der Waals surface area (Å²) in [6.07, 6.45) is 0.462. The third-order valence-corrected chi connectivity index (χ3v) is 7.66. The fraction of sp³-hybridized carbons (Fsp3) is 0.632. The molecule has 1 saturated heterocycles. The molecule has 2 atom stereocenters. The van der Waals surface area contributed by atoms with E-state index in [9.17, 15) is 13.2 Å². The molecule has 0 radical (unpaired) electrons. The molecule has 1 amide bonds. The minimum absolute atomic E-state index is 0. The summed E-state index contributed by atoms with van der Waals surface area (Å²) in [4.78, 5) is 14.9. The van der Waals surface area contributed by atoms with Crippen LogP contribution in [0.15, 0.2) is 24.3 Å². The molecule has 10 heteroatoms. The lowest BCUT2D eigenvalue weighted by atomic mass is 9.54.